The van der Waals surface area contributed by atoms with Crippen LogP contribution in [0.15, 0.2) is 24.3 Å². The third kappa shape index (κ3) is 2.29. The van der Waals surface area contributed by atoms with E-state index >= 15 is 0 Å². The van der Waals surface area contributed by atoms with Gasteiger partial charge in [0.05, 0.1) is 6.10 Å². The van der Waals surface area contributed by atoms with Crippen LogP contribution in [0.2, 0.25) is 0 Å². The van der Waals surface area contributed by atoms with Crippen molar-refractivity contribution in [2.45, 2.75) is 25.9 Å². The summed E-state index contributed by atoms with van der Waals surface area (Å²) in [6.45, 7) is 4.51. The number of aliphatic hydroxyl groups excluding tert-OH is 1. The van der Waals surface area contributed by atoms with Crippen LogP contribution < -0.4 is 5.73 Å². The van der Waals surface area contributed by atoms with Crippen LogP contribution in [0.5, 0.6) is 0 Å². The highest BCUT2D eigenvalue weighted by atomic mass is 16.3. The van der Waals surface area contributed by atoms with E-state index in [9.17, 15) is 5.11 Å². The first-order valence-corrected chi connectivity index (χ1v) is 4.63. The van der Waals surface area contributed by atoms with Gasteiger partial charge in [-0.2, -0.15) is 0 Å². The summed E-state index contributed by atoms with van der Waals surface area (Å²) in [4.78, 5) is 0. The van der Waals surface area contributed by atoms with Gasteiger partial charge in [0.25, 0.3) is 0 Å². The Morgan fingerprint density at radius 3 is 2.23 bits per heavy atom. The number of benzene rings is 1. The SMILES string of the molecule is CC(C)c1ccccc1[C@@H](O)CN. The van der Waals surface area contributed by atoms with E-state index in [1.165, 1.54) is 5.56 Å². The highest BCUT2D eigenvalue weighted by molar-refractivity contribution is 5.31. The summed E-state index contributed by atoms with van der Waals surface area (Å²) >= 11 is 0. The molecule has 1 rings (SSSR count). The Balaban J connectivity index is 3.04. The molecule has 0 spiro atoms. The fourth-order valence-corrected chi connectivity index (χ4v) is 1.47. The van der Waals surface area contributed by atoms with Gasteiger partial charge in [0, 0.05) is 6.54 Å². The van der Waals surface area contributed by atoms with E-state index in [1.54, 1.807) is 0 Å². The quantitative estimate of drug-likeness (QED) is 0.743. The minimum atomic E-state index is -0.529. The van der Waals surface area contributed by atoms with Crippen LogP contribution in [0.4, 0.5) is 0 Å². The van der Waals surface area contributed by atoms with Gasteiger partial charge in [-0.25, -0.2) is 0 Å². The molecule has 1 aromatic carbocycles. The lowest BCUT2D eigenvalue weighted by molar-refractivity contribution is 0.185. The van der Waals surface area contributed by atoms with Crippen molar-refractivity contribution < 1.29 is 5.11 Å². The number of hydrogen-bond acceptors (Lipinski definition) is 2. The lowest BCUT2D eigenvalue weighted by Gasteiger charge is -2.16. The van der Waals surface area contributed by atoms with E-state index in [4.69, 9.17) is 5.73 Å². The number of aliphatic hydroxyl groups is 1. The minimum Gasteiger partial charge on any atom is -0.387 e. The molecule has 0 saturated carbocycles. The standard InChI is InChI=1S/C11H17NO/c1-8(2)9-5-3-4-6-10(9)11(13)7-12/h3-6,8,11,13H,7,12H2,1-2H3/t11-/m0/s1. The Kier molecular flexibility index (Phi) is 3.46. The Labute approximate surface area is 79.4 Å². The molecule has 1 atom stereocenters. The molecule has 72 valence electrons. The van der Waals surface area contributed by atoms with Gasteiger partial charge in [0.1, 0.15) is 0 Å². The number of nitrogens with two attached hydrogens (primary N) is 1. The second-order valence-electron chi connectivity index (χ2n) is 3.54. The maximum Gasteiger partial charge on any atom is 0.0914 e. The summed E-state index contributed by atoms with van der Waals surface area (Å²) in [5.41, 5.74) is 7.56. The Morgan fingerprint density at radius 2 is 1.77 bits per heavy atom. The molecule has 2 nitrogen and oxygen atoms in total. The van der Waals surface area contributed by atoms with Crippen molar-refractivity contribution in [3.8, 4) is 0 Å². The van der Waals surface area contributed by atoms with E-state index in [2.05, 4.69) is 13.8 Å². The molecule has 0 aromatic heterocycles. The second kappa shape index (κ2) is 4.40. The smallest absolute Gasteiger partial charge is 0.0914 e. The predicted molar refractivity (Wildman–Crippen MR) is 54.5 cm³/mol. The molecule has 0 aliphatic heterocycles. The predicted octanol–water partition coefficient (Wildman–Crippen LogP) is 1.80. The van der Waals surface area contributed by atoms with Gasteiger partial charge in [0.15, 0.2) is 0 Å². The van der Waals surface area contributed by atoms with Crippen LogP contribution in [-0.4, -0.2) is 11.7 Å². The topological polar surface area (TPSA) is 46.2 Å². The zero-order valence-corrected chi connectivity index (χ0v) is 8.20. The average molecular weight is 179 g/mol. The molecule has 0 fully saturated rings. The van der Waals surface area contributed by atoms with Crippen molar-refractivity contribution in [1.29, 1.82) is 0 Å². The first-order valence-electron chi connectivity index (χ1n) is 4.63. The summed E-state index contributed by atoms with van der Waals surface area (Å²) in [7, 11) is 0. The molecule has 0 saturated heterocycles. The van der Waals surface area contributed by atoms with Crippen LogP contribution in [0.25, 0.3) is 0 Å². The maximum atomic E-state index is 9.63. The summed E-state index contributed by atoms with van der Waals surface area (Å²) in [5.74, 6) is 0.428. The minimum absolute atomic E-state index is 0.281. The molecule has 0 amide bonds. The Hall–Kier alpha value is -0.860. The van der Waals surface area contributed by atoms with E-state index in [-0.39, 0.29) is 6.54 Å². The first-order chi connectivity index (χ1) is 6.16. The molecule has 13 heavy (non-hydrogen) atoms. The highest BCUT2D eigenvalue weighted by Gasteiger charge is 2.11. The molecule has 0 unspecified atom stereocenters. The van der Waals surface area contributed by atoms with Crippen molar-refractivity contribution in [3.63, 3.8) is 0 Å². The van der Waals surface area contributed by atoms with Crippen molar-refractivity contribution in [1.82, 2.24) is 0 Å². The van der Waals surface area contributed by atoms with Gasteiger partial charge in [0.2, 0.25) is 0 Å². The average Bonchev–Trinajstić information content (AvgIpc) is 2.16. The van der Waals surface area contributed by atoms with E-state index < -0.39 is 6.10 Å². The largest absolute Gasteiger partial charge is 0.387 e. The van der Waals surface area contributed by atoms with E-state index in [0.29, 0.717) is 5.92 Å². The molecule has 0 aliphatic rings. The van der Waals surface area contributed by atoms with Crippen molar-refractivity contribution in [2.75, 3.05) is 6.54 Å². The third-order valence-corrected chi connectivity index (χ3v) is 2.20. The number of rotatable bonds is 3. The fourth-order valence-electron chi connectivity index (χ4n) is 1.47. The van der Waals surface area contributed by atoms with Gasteiger partial charge in [-0.3, -0.25) is 0 Å². The molecular formula is C11H17NO. The fraction of sp³-hybridized carbons (Fsp3) is 0.455. The zero-order chi connectivity index (χ0) is 9.84. The van der Waals surface area contributed by atoms with Crippen LogP contribution in [0, 0.1) is 0 Å². The maximum absolute atomic E-state index is 9.63. The van der Waals surface area contributed by atoms with Gasteiger partial charge in [-0.1, -0.05) is 38.1 Å². The second-order valence-corrected chi connectivity index (χ2v) is 3.54. The Bertz CT molecular complexity index is 271. The normalized spacial score (nSPS) is 13.3. The first kappa shape index (κ1) is 10.2. The van der Waals surface area contributed by atoms with Gasteiger partial charge in [-0.15, -0.1) is 0 Å². The molecule has 0 radical (unpaired) electrons. The van der Waals surface area contributed by atoms with Gasteiger partial charge < -0.3 is 10.8 Å². The lowest BCUT2D eigenvalue weighted by atomic mass is 9.94. The van der Waals surface area contributed by atoms with E-state index in [0.717, 1.165) is 5.56 Å². The van der Waals surface area contributed by atoms with E-state index in [1.807, 2.05) is 24.3 Å². The summed E-state index contributed by atoms with van der Waals surface area (Å²) in [6.07, 6.45) is -0.529. The summed E-state index contributed by atoms with van der Waals surface area (Å²) in [5, 5.41) is 9.63. The third-order valence-electron chi connectivity index (χ3n) is 2.20. The van der Waals surface area contributed by atoms with Gasteiger partial charge >= 0.3 is 0 Å². The monoisotopic (exact) mass is 179 g/mol. The number of hydrogen-bond donors (Lipinski definition) is 2. The highest BCUT2D eigenvalue weighted by Crippen LogP contribution is 2.23. The Morgan fingerprint density at radius 1 is 1.23 bits per heavy atom. The summed E-state index contributed by atoms with van der Waals surface area (Å²) < 4.78 is 0. The molecule has 1 aromatic rings. The van der Waals surface area contributed by atoms with Gasteiger partial charge in [-0.05, 0) is 17.0 Å². The van der Waals surface area contributed by atoms with Crippen molar-refractivity contribution in [2.24, 2.45) is 5.73 Å². The van der Waals surface area contributed by atoms with Crippen LogP contribution >= 0.6 is 0 Å². The lowest BCUT2D eigenvalue weighted by Crippen LogP contribution is -2.13. The molecular weight excluding hydrogens is 162 g/mol. The zero-order valence-electron chi connectivity index (χ0n) is 8.20. The summed E-state index contributed by atoms with van der Waals surface area (Å²) in [6, 6.07) is 7.90. The molecule has 0 aliphatic carbocycles. The molecule has 0 bridgehead atoms. The van der Waals surface area contributed by atoms with Crippen LogP contribution in [-0.2, 0) is 0 Å². The van der Waals surface area contributed by atoms with Crippen LogP contribution in [0.1, 0.15) is 37.0 Å². The van der Waals surface area contributed by atoms with Crippen LogP contribution in [0.3, 0.4) is 0 Å². The molecule has 2 heteroatoms. The molecule has 0 heterocycles. The van der Waals surface area contributed by atoms with Crippen molar-refractivity contribution in [3.05, 3.63) is 35.4 Å². The van der Waals surface area contributed by atoms with Crippen molar-refractivity contribution >= 4 is 0 Å². The molecule has 3 N–H and O–H groups in total.